The van der Waals surface area contributed by atoms with Gasteiger partial charge < -0.3 is 37.9 Å². The summed E-state index contributed by atoms with van der Waals surface area (Å²) >= 11 is 0. The second-order valence-electron chi connectivity index (χ2n) is 15.1. The summed E-state index contributed by atoms with van der Waals surface area (Å²) in [7, 11) is 0. The molecule has 11 heteroatoms. The number of azide groups is 1. The molecule has 2 heterocycles. The molecule has 2 saturated heterocycles. The van der Waals surface area contributed by atoms with Gasteiger partial charge in [-0.15, -0.1) is 0 Å². The maximum atomic E-state index is 9.77. The molecular formula is C46H57N3O8. The summed E-state index contributed by atoms with van der Waals surface area (Å²) in [6.45, 7) is 7.39. The molecule has 0 N–H and O–H groups in total. The molecule has 6 rings (SSSR count). The highest BCUT2D eigenvalue weighted by Crippen LogP contribution is 2.36. The van der Waals surface area contributed by atoms with Gasteiger partial charge in [0, 0.05) is 4.91 Å². The maximum Gasteiger partial charge on any atom is 0.186 e. The van der Waals surface area contributed by atoms with Gasteiger partial charge in [0.15, 0.2) is 12.1 Å². The van der Waals surface area contributed by atoms with Crippen molar-refractivity contribution in [2.75, 3.05) is 13.2 Å². The average molecular weight is 780 g/mol. The van der Waals surface area contributed by atoms with Crippen molar-refractivity contribution in [1.29, 1.82) is 0 Å². The minimum Gasteiger partial charge on any atom is -0.374 e. The summed E-state index contributed by atoms with van der Waals surface area (Å²) < 4.78 is 53.0. The van der Waals surface area contributed by atoms with E-state index < -0.39 is 48.6 Å². The monoisotopic (exact) mass is 779 g/mol. The molecule has 0 aromatic heterocycles. The molecule has 4 aromatic rings. The van der Waals surface area contributed by atoms with Gasteiger partial charge in [-0.1, -0.05) is 153 Å². The van der Waals surface area contributed by atoms with Crippen LogP contribution in [0.5, 0.6) is 0 Å². The molecule has 0 spiro atoms. The van der Waals surface area contributed by atoms with E-state index in [2.05, 4.69) is 16.9 Å². The third-order valence-corrected chi connectivity index (χ3v) is 10.2. The van der Waals surface area contributed by atoms with Crippen molar-refractivity contribution in [2.45, 2.75) is 128 Å². The lowest BCUT2D eigenvalue weighted by Gasteiger charge is -2.46. The topological polar surface area (TPSA) is 123 Å². The van der Waals surface area contributed by atoms with Gasteiger partial charge >= 0.3 is 0 Å². The lowest BCUT2D eigenvalue weighted by molar-refractivity contribution is -0.329. The first-order valence-electron chi connectivity index (χ1n) is 20.2. The van der Waals surface area contributed by atoms with Crippen LogP contribution in [0, 0.1) is 0 Å². The molecular weight excluding hydrogens is 723 g/mol. The fourth-order valence-electron chi connectivity index (χ4n) is 7.34. The summed E-state index contributed by atoms with van der Waals surface area (Å²) in [6, 6.07) is 39.3. The van der Waals surface area contributed by atoms with Crippen molar-refractivity contribution in [2.24, 2.45) is 5.11 Å². The Morgan fingerprint density at radius 1 is 0.632 bits per heavy atom. The molecule has 0 saturated carbocycles. The minimum absolute atomic E-state index is 0.00710. The van der Waals surface area contributed by atoms with Crippen molar-refractivity contribution >= 4 is 0 Å². The van der Waals surface area contributed by atoms with E-state index >= 15 is 0 Å². The zero-order valence-corrected chi connectivity index (χ0v) is 33.3. The Morgan fingerprint density at radius 3 is 1.67 bits per heavy atom. The van der Waals surface area contributed by atoms with Gasteiger partial charge in [0.2, 0.25) is 0 Å². The molecule has 0 bridgehead atoms. The first-order chi connectivity index (χ1) is 27.9. The van der Waals surface area contributed by atoms with E-state index in [0.717, 1.165) is 47.9 Å². The Balaban J connectivity index is 1.31. The smallest absolute Gasteiger partial charge is 0.186 e. The van der Waals surface area contributed by atoms with Crippen LogP contribution in [-0.4, -0.2) is 68.0 Å². The fourth-order valence-corrected chi connectivity index (χ4v) is 7.34. The molecule has 4 aromatic carbocycles. The van der Waals surface area contributed by atoms with E-state index in [9.17, 15) is 5.53 Å². The lowest BCUT2D eigenvalue weighted by atomic mass is 9.97. The second-order valence-corrected chi connectivity index (χ2v) is 15.1. The Kier molecular flexibility index (Phi) is 16.5. The van der Waals surface area contributed by atoms with Gasteiger partial charge in [0.1, 0.15) is 24.4 Å². The lowest BCUT2D eigenvalue weighted by Crippen LogP contribution is -2.62. The van der Waals surface area contributed by atoms with E-state index in [1.807, 2.05) is 135 Å². The van der Waals surface area contributed by atoms with Crippen molar-refractivity contribution in [1.82, 2.24) is 0 Å². The third-order valence-electron chi connectivity index (χ3n) is 10.2. The largest absolute Gasteiger partial charge is 0.374 e. The Bertz CT molecular complexity index is 1760. The normalized spacial score (nSPS) is 24.8. The van der Waals surface area contributed by atoms with Crippen LogP contribution in [-0.2, 0) is 64.3 Å². The van der Waals surface area contributed by atoms with Crippen LogP contribution in [0.2, 0.25) is 0 Å². The molecule has 2 aliphatic heterocycles. The van der Waals surface area contributed by atoms with E-state index in [-0.39, 0.29) is 25.9 Å². The van der Waals surface area contributed by atoms with Crippen LogP contribution in [0.3, 0.4) is 0 Å². The van der Waals surface area contributed by atoms with Crippen molar-refractivity contribution < 1.29 is 37.9 Å². The molecule has 304 valence electrons. The van der Waals surface area contributed by atoms with Crippen LogP contribution in [0.25, 0.3) is 10.4 Å². The Labute approximate surface area is 337 Å². The highest BCUT2D eigenvalue weighted by Gasteiger charge is 2.50. The van der Waals surface area contributed by atoms with Crippen LogP contribution in [0.4, 0.5) is 0 Å². The van der Waals surface area contributed by atoms with E-state index in [1.165, 1.54) is 0 Å². The van der Waals surface area contributed by atoms with Gasteiger partial charge in [-0.2, -0.15) is 0 Å². The first-order valence-corrected chi connectivity index (χ1v) is 20.2. The zero-order chi connectivity index (χ0) is 39.7. The standard InChI is InChI=1S/C46H57N3O8/c1-4-5-10-27-39-41(57-46(2,3)56-39)38(48-49-47)32-54-45-44(53-31-37-25-17-9-18-26-37)43(52-30-36-23-15-8-16-24-36)42(51-29-35-21-13-7-14-22-35)40(55-45)33-50-28-34-19-11-6-12-20-34/h6-9,11-26,38-45H,4-5,10,27-33H2,1-3H3/t38-,39+,40+,41-,42-,43-,44+,45-/m0/s1. The maximum absolute atomic E-state index is 9.77. The molecule has 0 amide bonds. The highest BCUT2D eigenvalue weighted by molar-refractivity contribution is 5.16. The van der Waals surface area contributed by atoms with E-state index in [0.29, 0.717) is 19.8 Å². The van der Waals surface area contributed by atoms with Crippen LogP contribution in [0.1, 0.15) is 68.7 Å². The molecule has 11 nitrogen and oxygen atoms in total. The van der Waals surface area contributed by atoms with Crippen LogP contribution in [0.15, 0.2) is 126 Å². The van der Waals surface area contributed by atoms with Crippen molar-refractivity contribution in [3.63, 3.8) is 0 Å². The minimum atomic E-state index is -0.957. The summed E-state index contributed by atoms with van der Waals surface area (Å²) in [6.07, 6.45) is -0.505. The highest BCUT2D eigenvalue weighted by atomic mass is 16.8. The summed E-state index contributed by atoms with van der Waals surface area (Å²) in [5.41, 5.74) is 13.8. The molecule has 57 heavy (non-hydrogen) atoms. The number of unbranched alkanes of at least 4 members (excludes halogenated alkanes) is 2. The van der Waals surface area contributed by atoms with E-state index in [4.69, 9.17) is 37.9 Å². The molecule has 0 unspecified atom stereocenters. The first kappa shape index (κ1) is 42.5. The quantitative estimate of drug-likeness (QED) is 0.0335. The molecule has 2 aliphatic rings. The number of hydrogen-bond acceptors (Lipinski definition) is 9. The summed E-state index contributed by atoms with van der Waals surface area (Å²) in [5, 5.41) is 4.20. The Morgan fingerprint density at radius 2 is 1.14 bits per heavy atom. The second kappa shape index (κ2) is 22.1. The number of hydrogen-bond donors (Lipinski definition) is 0. The fraction of sp³-hybridized carbons (Fsp3) is 0.478. The predicted molar refractivity (Wildman–Crippen MR) is 217 cm³/mol. The number of ether oxygens (including phenoxy) is 8. The molecule has 2 fully saturated rings. The summed E-state index contributed by atoms with van der Waals surface area (Å²) in [5.74, 6) is -0.839. The SMILES string of the molecule is CCCCC[C@H]1OC(C)(C)O[C@H]1[C@H](CO[C@H]1O[C@H](COCc2ccccc2)[C@H](OCc2ccccc2)[C@H](OCc2ccccc2)[C@H]1OCc1ccccc1)N=[N+]=[N-]. The zero-order valence-electron chi connectivity index (χ0n) is 33.3. The number of benzene rings is 4. The van der Waals surface area contributed by atoms with Crippen LogP contribution >= 0.6 is 0 Å². The van der Waals surface area contributed by atoms with Gasteiger partial charge in [-0.3, -0.25) is 0 Å². The van der Waals surface area contributed by atoms with Gasteiger partial charge in [0.25, 0.3) is 0 Å². The predicted octanol–water partition coefficient (Wildman–Crippen LogP) is 9.48. The molecule has 8 atom stereocenters. The molecule has 0 aliphatic carbocycles. The average Bonchev–Trinajstić information content (AvgIpc) is 3.55. The van der Waals surface area contributed by atoms with E-state index in [1.54, 1.807) is 0 Å². The van der Waals surface area contributed by atoms with Crippen molar-refractivity contribution in [3.8, 4) is 0 Å². The Hall–Kier alpha value is -4.13. The third kappa shape index (κ3) is 12.9. The number of rotatable bonds is 22. The summed E-state index contributed by atoms with van der Waals surface area (Å²) in [4.78, 5) is 3.22. The van der Waals surface area contributed by atoms with Crippen molar-refractivity contribution in [3.05, 3.63) is 154 Å². The van der Waals surface area contributed by atoms with Crippen LogP contribution < -0.4 is 0 Å². The van der Waals surface area contributed by atoms with Gasteiger partial charge in [-0.05, 0) is 48.1 Å². The van der Waals surface area contributed by atoms with Gasteiger partial charge in [0.05, 0.1) is 57.9 Å². The molecule has 0 radical (unpaired) electrons. The van der Waals surface area contributed by atoms with Gasteiger partial charge in [-0.25, -0.2) is 0 Å². The number of nitrogens with zero attached hydrogens (tertiary/aromatic N) is 3.